The zero-order chi connectivity index (χ0) is 50.2. The van der Waals surface area contributed by atoms with Gasteiger partial charge in [-0.25, -0.2) is 0 Å². The van der Waals surface area contributed by atoms with Crippen LogP contribution in [0.15, 0.2) is 303 Å². The zero-order valence-electron chi connectivity index (χ0n) is 41.8. The van der Waals surface area contributed by atoms with Crippen molar-refractivity contribution >= 4 is 72.4 Å². The highest BCUT2D eigenvalue weighted by atomic mass is 28.3. The number of benzene rings is 12. The van der Waals surface area contributed by atoms with Gasteiger partial charge in [0, 0.05) is 32.8 Å². The van der Waals surface area contributed by atoms with Gasteiger partial charge in [0.1, 0.15) is 0 Å². The Kier molecular flexibility index (Phi) is 10.2. The molecule has 0 saturated carbocycles. The Balaban J connectivity index is 0.998. The molecule has 0 amide bonds. The Morgan fingerprint density at radius 2 is 0.671 bits per heavy atom. The van der Waals surface area contributed by atoms with E-state index in [2.05, 4.69) is 312 Å². The first-order valence-electron chi connectivity index (χ1n) is 26.4. The second kappa shape index (κ2) is 17.6. The molecular formula is C73H50N2Si. The standard InChI is InChI=1S/C73H50N2Si/c1-6-25-51(26-7-1)73(52-27-8-2-9-28-52)65-42-19-16-37-64(65)70-60(38-23-43-66(70)73)63-40-22-39-61-58-35-18-21-45-68(58)75(71(61)63)69-46-24-41-62-59-36-17-20-44-67(59)74(72(62)69)53-47-49-57(50-48-53)76(54-29-10-3-11-30-54,55-31-12-4-13-32-55)56-33-14-5-15-34-56/h1-50H. The fourth-order valence-corrected chi connectivity index (χ4v) is 18.3. The van der Waals surface area contributed by atoms with E-state index in [0.29, 0.717) is 0 Å². The molecule has 1 aliphatic carbocycles. The number of nitrogens with zero attached hydrogens (tertiary/aromatic N) is 2. The van der Waals surface area contributed by atoms with Crippen molar-refractivity contribution in [3.05, 3.63) is 326 Å². The van der Waals surface area contributed by atoms with Gasteiger partial charge in [-0.15, -0.1) is 0 Å². The molecule has 2 aromatic heterocycles. The molecule has 0 spiro atoms. The molecule has 356 valence electrons. The molecule has 0 bridgehead atoms. The van der Waals surface area contributed by atoms with E-state index >= 15 is 0 Å². The zero-order valence-corrected chi connectivity index (χ0v) is 42.8. The minimum Gasteiger partial charge on any atom is -0.307 e. The smallest absolute Gasteiger partial charge is 0.179 e. The summed E-state index contributed by atoms with van der Waals surface area (Å²) in [5.74, 6) is 0. The van der Waals surface area contributed by atoms with Gasteiger partial charge >= 0.3 is 0 Å². The molecular weight excluding hydrogens is 933 g/mol. The summed E-state index contributed by atoms with van der Waals surface area (Å²) in [6, 6.07) is 113. The third kappa shape index (κ3) is 6.27. The fraction of sp³-hybridized carbons (Fsp3) is 0.0137. The number of hydrogen-bond acceptors (Lipinski definition) is 0. The van der Waals surface area contributed by atoms with E-state index < -0.39 is 13.5 Å². The highest BCUT2D eigenvalue weighted by Crippen LogP contribution is 2.59. The third-order valence-electron chi connectivity index (χ3n) is 16.6. The van der Waals surface area contributed by atoms with E-state index in [1.807, 2.05) is 0 Å². The molecule has 0 aliphatic heterocycles. The first-order valence-corrected chi connectivity index (χ1v) is 28.4. The molecule has 0 unspecified atom stereocenters. The molecule has 0 N–H and O–H groups in total. The minimum absolute atomic E-state index is 0.515. The van der Waals surface area contributed by atoms with Crippen LogP contribution >= 0.6 is 0 Å². The topological polar surface area (TPSA) is 9.86 Å². The number of rotatable bonds is 9. The Hall–Kier alpha value is -9.54. The molecule has 15 rings (SSSR count). The predicted octanol–water partition coefficient (Wildman–Crippen LogP) is 15.3. The van der Waals surface area contributed by atoms with Crippen LogP contribution in [-0.2, 0) is 5.41 Å². The van der Waals surface area contributed by atoms with Gasteiger partial charge < -0.3 is 9.13 Å². The summed E-state index contributed by atoms with van der Waals surface area (Å²) in [7, 11) is -2.76. The van der Waals surface area contributed by atoms with Crippen molar-refractivity contribution in [2.24, 2.45) is 0 Å². The molecule has 76 heavy (non-hydrogen) atoms. The van der Waals surface area contributed by atoms with Crippen LogP contribution in [-0.4, -0.2) is 17.2 Å². The highest BCUT2D eigenvalue weighted by molar-refractivity contribution is 7.19. The summed E-state index contributed by atoms with van der Waals surface area (Å²) in [4.78, 5) is 0. The van der Waals surface area contributed by atoms with Gasteiger partial charge in [-0.2, -0.15) is 0 Å². The van der Waals surface area contributed by atoms with Crippen LogP contribution in [0.4, 0.5) is 0 Å². The van der Waals surface area contributed by atoms with Crippen LogP contribution in [0.3, 0.4) is 0 Å². The molecule has 0 fully saturated rings. The van der Waals surface area contributed by atoms with Crippen LogP contribution in [0.1, 0.15) is 22.3 Å². The number of para-hydroxylation sites is 4. The van der Waals surface area contributed by atoms with Gasteiger partial charge in [0.15, 0.2) is 8.07 Å². The lowest BCUT2D eigenvalue weighted by atomic mass is 9.67. The third-order valence-corrected chi connectivity index (χ3v) is 21.4. The quantitative estimate of drug-likeness (QED) is 0.101. The number of aromatic nitrogens is 2. The van der Waals surface area contributed by atoms with E-state index in [9.17, 15) is 0 Å². The van der Waals surface area contributed by atoms with Crippen molar-refractivity contribution in [1.82, 2.24) is 9.13 Å². The largest absolute Gasteiger partial charge is 0.307 e. The minimum atomic E-state index is -2.76. The molecule has 3 heteroatoms. The Morgan fingerprint density at radius 1 is 0.263 bits per heavy atom. The fourth-order valence-electron chi connectivity index (χ4n) is 13.6. The lowest BCUT2D eigenvalue weighted by Gasteiger charge is -2.34. The van der Waals surface area contributed by atoms with Gasteiger partial charge in [-0.3, -0.25) is 0 Å². The second-order valence-electron chi connectivity index (χ2n) is 20.2. The van der Waals surface area contributed by atoms with E-state index in [1.165, 1.54) is 109 Å². The van der Waals surface area contributed by atoms with Gasteiger partial charge in [0.2, 0.25) is 0 Å². The van der Waals surface area contributed by atoms with Crippen LogP contribution in [0.25, 0.3) is 77.2 Å². The van der Waals surface area contributed by atoms with Crippen molar-refractivity contribution in [1.29, 1.82) is 0 Å². The van der Waals surface area contributed by atoms with Crippen LogP contribution in [0.2, 0.25) is 0 Å². The molecule has 0 atom stereocenters. The summed E-state index contributed by atoms with van der Waals surface area (Å²) in [6.45, 7) is 0. The summed E-state index contributed by atoms with van der Waals surface area (Å²) in [5.41, 5.74) is 16.5. The molecule has 14 aromatic rings. The first kappa shape index (κ1) is 44.0. The van der Waals surface area contributed by atoms with E-state index in [0.717, 1.165) is 11.4 Å². The number of fused-ring (bicyclic) bond motifs is 9. The lowest BCUT2D eigenvalue weighted by Crippen LogP contribution is -2.74. The summed E-state index contributed by atoms with van der Waals surface area (Å²) in [6.07, 6.45) is 0. The summed E-state index contributed by atoms with van der Waals surface area (Å²) < 4.78 is 5.10. The summed E-state index contributed by atoms with van der Waals surface area (Å²) >= 11 is 0. The Bertz CT molecular complexity index is 4350. The van der Waals surface area contributed by atoms with Gasteiger partial charge in [0.25, 0.3) is 0 Å². The SMILES string of the molecule is c1ccc(C2(c3ccccc3)c3ccccc3-c3c(-c4cccc5c6ccccc6n(-c6cccc7c8ccccc8n(-c8ccc([Si](c9ccccc9)(c9ccccc9)c9ccccc9)cc8)c67)c45)cccc32)cc1. The van der Waals surface area contributed by atoms with E-state index in [-0.39, 0.29) is 0 Å². The van der Waals surface area contributed by atoms with Crippen LogP contribution < -0.4 is 20.7 Å². The second-order valence-corrected chi connectivity index (χ2v) is 24.0. The molecule has 1 aliphatic rings. The lowest BCUT2D eigenvalue weighted by molar-refractivity contribution is 0.768. The van der Waals surface area contributed by atoms with Crippen LogP contribution in [0.5, 0.6) is 0 Å². The Morgan fingerprint density at radius 3 is 1.26 bits per heavy atom. The van der Waals surface area contributed by atoms with Gasteiger partial charge in [0.05, 0.1) is 33.2 Å². The maximum absolute atomic E-state index is 2.76. The Labute approximate surface area is 443 Å². The number of hydrogen-bond donors (Lipinski definition) is 0. The van der Waals surface area contributed by atoms with E-state index in [4.69, 9.17) is 0 Å². The van der Waals surface area contributed by atoms with E-state index in [1.54, 1.807) is 0 Å². The van der Waals surface area contributed by atoms with Gasteiger partial charge in [-0.05, 0) is 90.0 Å². The van der Waals surface area contributed by atoms with Crippen molar-refractivity contribution in [3.8, 4) is 33.6 Å². The molecule has 2 heterocycles. The average Bonchev–Trinajstić information content (AvgIpc) is 4.32. The molecule has 0 saturated heterocycles. The molecule has 12 aromatic carbocycles. The van der Waals surface area contributed by atoms with Crippen molar-refractivity contribution in [3.63, 3.8) is 0 Å². The average molecular weight is 983 g/mol. The monoisotopic (exact) mass is 982 g/mol. The first-order chi connectivity index (χ1) is 37.8. The maximum atomic E-state index is 2.58. The van der Waals surface area contributed by atoms with Gasteiger partial charge in [-0.1, -0.05) is 273 Å². The highest BCUT2D eigenvalue weighted by Gasteiger charge is 2.47. The van der Waals surface area contributed by atoms with Crippen LogP contribution in [0, 0.1) is 0 Å². The van der Waals surface area contributed by atoms with Crippen molar-refractivity contribution in [2.45, 2.75) is 5.41 Å². The summed E-state index contributed by atoms with van der Waals surface area (Å²) in [5, 5.41) is 10.3. The van der Waals surface area contributed by atoms with Crippen molar-refractivity contribution in [2.75, 3.05) is 0 Å². The maximum Gasteiger partial charge on any atom is 0.179 e. The normalized spacial score (nSPS) is 12.8. The van der Waals surface area contributed by atoms with Crippen molar-refractivity contribution < 1.29 is 0 Å². The molecule has 0 radical (unpaired) electrons. The predicted molar refractivity (Wildman–Crippen MR) is 321 cm³/mol. The molecule has 2 nitrogen and oxygen atoms in total.